The maximum atomic E-state index is 11.3. The van der Waals surface area contributed by atoms with Crippen LogP contribution in [0.25, 0.3) is 0 Å². The van der Waals surface area contributed by atoms with Crippen molar-refractivity contribution in [2.45, 2.75) is 31.8 Å². The number of primary amides is 1. The van der Waals surface area contributed by atoms with Crippen LogP contribution < -0.4 is 16.4 Å². The summed E-state index contributed by atoms with van der Waals surface area (Å²) in [4.78, 5) is 17.6. The zero-order valence-corrected chi connectivity index (χ0v) is 11.1. The predicted molar refractivity (Wildman–Crippen MR) is 73.9 cm³/mol. The SMILES string of the molecule is CC1(O)CCCN(c2cc(C(N)=O)c(N)cn2)CC1. The van der Waals surface area contributed by atoms with Gasteiger partial charge in [-0.1, -0.05) is 0 Å². The first kappa shape index (κ1) is 13.6. The van der Waals surface area contributed by atoms with Gasteiger partial charge in [-0.15, -0.1) is 0 Å². The Morgan fingerprint density at radius 1 is 1.47 bits per heavy atom. The maximum absolute atomic E-state index is 11.3. The van der Waals surface area contributed by atoms with Gasteiger partial charge >= 0.3 is 0 Å². The van der Waals surface area contributed by atoms with Crippen molar-refractivity contribution >= 4 is 17.4 Å². The number of anilines is 2. The first-order chi connectivity index (χ1) is 8.89. The predicted octanol–water partition coefficient (Wildman–Crippen LogP) is 0.504. The first-order valence-electron chi connectivity index (χ1n) is 6.42. The number of pyridine rings is 1. The molecule has 0 aliphatic carbocycles. The van der Waals surface area contributed by atoms with Gasteiger partial charge in [-0.3, -0.25) is 4.79 Å². The van der Waals surface area contributed by atoms with E-state index in [1.165, 1.54) is 6.20 Å². The zero-order chi connectivity index (χ0) is 14.0. The van der Waals surface area contributed by atoms with E-state index in [9.17, 15) is 9.90 Å². The summed E-state index contributed by atoms with van der Waals surface area (Å²) in [6.45, 7) is 3.34. The minimum atomic E-state index is -0.630. The molecule has 1 amide bonds. The quantitative estimate of drug-likeness (QED) is 0.721. The standard InChI is InChI=1S/C13H20N4O2/c1-13(19)3-2-5-17(6-4-13)11-7-9(12(15)18)10(14)8-16-11/h7-8,19H,2-6,14H2,1H3,(H2,15,18). The van der Waals surface area contributed by atoms with Gasteiger partial charge in [-0.25, -0.2) is 4.98 Å². The van der Waals surface area contributed by atoms with Crippen molar-refractivity contribution < 1.29 is 9.90 Å². The third-order valence-corrected chi connectivity index (χ3v) is 3.57. The summed E-state index contributed by atoms with van der Waals surface area (Å²) in [5.41, 5.74) is 10.9. The van der Waals surface area contributed by atoms with Crippen molar-refractivity contribution in [3.8, 4) is 0 Å². The van der Waals surface area contributed by atoms with Gasteiger partial charge < -0.3 is 21.5 Å². The number of hydrogen-bond donors (Lipinski definition) is 3. The van der Waals surface area contributed by atoms with Crippen molar-refractivity contribution in [2.75, 3.05) is 23.7 Å². The topological polar surface area (TPSA) is 105 Å². The molecule has 0 radical (unpaired) electrons. The number of carbonyl (C=O) groups is 1. The summed E-state index contributed by atoms with van der Waals surface area (Å²) >= 11 is 0. The molecule has 1 atom stereocenters. The highest BCUT2D eigenvalue weighted by molar-refractivity contribution is 5.98. The van der Waals surface area contributed by atoms with E-state index in [1.807, 2.05) is 11.8 Å². The Bertz CT molecular complexity index is 488. The van der Waals surface area contributed by atoms with Crippen LogP contribution in [0.5, 0.6) is 0 Å². The van der Waals surface area contributed by atoms with Crippen LogP contribution in [0.4, 0.5) is 11.5 Å². The largest absolute Gasteiger partial charge is 0.397 e. The van der Waals surface area contributed by atoms with Crippen LogP contribution in [0.2, 0.25) is 0 Å². The van der Waals surface area contributed by atoms with E-state index in [0.717, 1.165) is 19.4 Å². The van der Waals surface area contributed by atoms with Crippen molar-refractivity contribution in [2.24, 2.45) is 5.73 Å². The molecule has 2 rings (SSSR count). The summed E-state index contributed by atoms with van der Waals surface area (Å²) in [7, 11) is 0. The fourth-order valence-corrected chi connectivity index (χ4v) is 2.33. The number of nitrogen functional groups attached to an aromatic ring is 1. The molecule has 0 spiro atoms. The maximum Gasteiger partial charge on any atom is 0.250 e. The van der Waals surface area contributed by atoms with Crippen LogP contribution in [0.1, 0.15) is 36.5 Å². The number of rotatable bonds is 2. The molecule has 1 unspecified atom stereocenters. The number of nitrogens with two attached hydrogens (primary N) is 2. The van der Waals surface area contributed by atoms with Crippen LogP contribution in [-0.4, -0.2) is 34.7 Å². The molecular formula is C13H20N4O2. The summed E-state index contributed by atoms with van der Waals surface area (Å²) in [6, 6.07) is 1.62. The molecule has 6 heteroatoms. The third kappa shape index (κ3) is 3.14. The molecule has 2 heterocycles. The molecule has 19 heavy (non-hydrogen) atoms. The minimum Gasteiger partial charge on any atom is -0.397 e. The van der Waals surface area contributed by atoms with Gasteiger partial charge in [0.15, 0.2) is 0 Å². The number of carbonyl (C=O) groups excluding carboxylic acids is 1. The van der Waals surface area contributed by atoms with E-state index in [1.54, 1.807) is 6.07 Å². The van der Waals surface area contributed by atoms with Crippen LogP contribution in [0.15, 0.2) is 12.3 Å². The molecular weight excluding hydrogens is 244 g/mol. The second-order valence-corrected chi connectivity index (χ2v) is 5.33. The summed E-state index contributed by atoms with van der Waals surface area (Å²) < 4.78 is 0. The van der Waals surface area contributed by atoms with Gasteiger partial charge in [0.05, 0.1) is 23.0 Å². The number of aliphatic hydroxyl groups is 1. The zero-order valence-electron chi connectivity index (χ0n) is 11.1. The first-order valence-corrected chi connectivity index (χ1v) is 6.42. The lowest BCUT2D eigenvalue weighted by molar-refractivity contribution is 0.0481. The Morgan fingerprint density at radius 2 is 2.21 bits per heavy atom. The van der Waals surface area contributed by atoms with Gasteiger partial charge in [0.2, 0.25) is 0 Å². The second-order valence-electron chi connectivity index (χ2n) is 5.33. The van der Waals surface area contributed by atoms with Gasteiger partial charge in [-0.2, -0.15) is 0 Å². The van der Waals surface area contributed by atoms with Crippen LogP contribution in [-0.2, 0) is 0 Å². The Labute approximate surface area is 112 Å². The third-order valence-electron chi connectivity index (χ3n) is 3.57. The van der Waals surface area contributed by atoms with Gasteiger partial charge in [0.25, 0.3) is 5.91 Å². The molecule has 1 saturated heterocycles. The van der Waals surface area contributed by atoms with E-state index < -0.39 is 11.5 Å². The molecule has 0 saturated carbocycles. The van der Waals surface area contributed by atoms with Crippen molar-refractivity contribution in [3.63, 3.8) is 0 Å². The Hall–Kier alpha value is -1.82. The van der Waals surface area contributed by atoms with E-state index in [2.05, 4.69) is 4.98 Å². The lowest BCUT2D eigenvalue weighted by Gasteiger charge is -2.23. The van der Waals surface area contributed by atoms with Crippen molar-refractivity contribution in [1.29, 1.82) is 0 Å². The van der Waals surface area contributed by atoms with E-state index >= 15 is 0 Å². The highest BCUT2D eigenvalue weighted by atomic mass is 16.3. The second kappa shape index (κ2) is 5.05. The summed E-state index contributed by atoms with van der Waals surface area (Å²) in [5, 5.41) is 10.1. The Morgan fingerprint density at radius 3 is 2.89 bits per heavy atom. The molecule has 0 bridgehead atoms. The number of hydrogen-bond acceptors (Lipinski definition) is 5. The van der Waals surface area contributed by atoms with Crippen LogP contribution in [0, 0.1) is 0 Å². The molecule has 1 fully saturated rings. The molecule has 1 aliphatic heterocycles. The smallest absolute Gasteiger partial charge is 0.250 e. The molecule has 5 N–H and O–H groups in total. The summed E-state index contributed by atoms with van der Waals surface area (Å²) in [5.74, 6) is 0.128. The van der Waals surface area contributed by atoms with Crippen molar-refractivity contribution in [3.05, 3.63) is 17.8 Å². The average Bonchev–Trinajstić information content (AvgIpc) is 2.51. The fraction of sp³-hybridized carbons (Fsp3) is 0.538. The molecule has 1 aromatic heterocycles. The number of amides is 1. The Balaban J connectivity index is 2.22. The van der Waals surface area contributed by atoms with E-state index in [0.29, 0.717) is 24.3 Å². The number of nitrogens with zero attached hydrogens (tertiary/aromatic N) is 2. The number of aromatic nitrogens is 1. The van der Waals surface area contributed by atoms with E-state index in [-0.39, 0.29) is 5.69 Å². The molecule has 104 valence electrons. The minimum absolute atomic E-state index is 0.290. The lowest BCUT2D eigenvalue weighted by atomic mass is 9.98. The van der Waals surface area contributed by atoms with E-state index in [4.69, 9.17) is 11.5 Å². The normalized spacial score (nSPS) is 24.0. The monoisotopic (exact) mass is 264 g/mol. The molecule has 1 aromatic rings. The van der Waals surface area contributed by atoms with Crippen molar-refractivity contribution in [1.82, 2.24) is 4.98 Å². The highest BCUT2D eigenvalue weighted by Gasteiger charge is 2.25. The van der Waals surface area contributed by atoms with Gasteiger partial charge in [0, 0.05) is 13.1 Å². The molecule has 1 aliphatic rings. The molecule has 6 nitrogen and oxygen atoms in total. The molecule has 0 aromatic carbocycles. The van der Waals surface area contributed by atoms with Crippen LogP contribution >= 0.6 is 0 Å². The fourth-order valence-electron chi connectivity index (χ4n) is 2.33. The Kier molecular flexibility index (Phi) is 3.61. The van der Waals surface area contributed by atoms with Crippen LogP contribution in [0.3, 0.4) is 0 Å². The lowest BCUT2D eigenvalue weighted by Crippen LogP contribution is -2.29. The summed E-state index contributed by atoms with van der Waals surface area (Å²) in [6.07, 6.45) is 3.77. The van der Waals surface area contributed by atoms with Gasteiger partial charge in [-0.05, 0) is 32.3 Å². The highest BCUT2D eigenvalue weighted by Crippen LogP contribution is 2.25. The van der Waals surface area contributed by atoms with Gasteiger partial charge in [0.1, 0.15) is 5.82 Å². The average molecular weight is 264 g/mol.